The van der Waals surface area contributed by atoms with Gasteiger partial charge < -0.3 is 4.90 Å². The second kappa shape index (κ2) is 6.12. The largest absolute Gasteiger partial charge is 0.332 e. The summed E-state index contributed by atoms with van der Waals surface area (Å²) in [5.74, 6) is -0.431. The number of hydrogen-bond donors (Lipinski definition) is 0. The van der Waals surface area contributed by atoms with Crippen LogP contribution in [0.25, 0.3) is 0 Å². The van der Waals surface area contributed by atoms with Crippen LogP contribution >= 0.6 is 0 Å². The van der Waals surface area contributed by atoms with Crippen LogP contribution in [-0.2, 0) is 37.9 Å². The Morgan fingerprint density at radius 3 is 2.92 bits per heavy atom. The van der Waals surface area contributed by atoms with Gasteiger partial charge in [-0.15, -0.1) is 0 Å². The predicted octanol–water partition coefficient (Wildman–Crippen LogP) is 1.28. The number of carbonyl (C=O) groups excluding carboxylic acids is 1. The zero-order valence-corrected chi connectivity index (χ0v) is 13.8. The van der Waals surface area contributed by atoms with Gasteiger partial charge in [0.2, 0.25) is 5.91 Å². The molecule has 0 atom stereocenters. The Morgan fingerprint density at radius 1 is 1.32 bits per heavy atom. The zero-order valence-electron chi connectivity index (χ0n) is 13.8. The van der Waals surface area contributed by atoms with Crippen molar-refractivity contribution in [3.8, 4) is 0 Å². The van der Waals surface area contributed by atoms with Crippen LogP contribution in [-0.4, -0.2) is 35.4 Å². The summed E-state index contributed by atoms with van der Waals surface area (Å²) in [4.78, 5) is 18.3. The smallest absolute Gasteiger partial charge is 0.229 e. The molecule has 8 heteroatoms. The van der Waals surface area contributed by atoms with E-state index in [1.165, 1.54) is 6.07 Å². The van der Waals surface area contributed by atoms with Crippen LogP contribution in [0, 0.1) is 5.82 Å². The monoisotopic (exact) mass is 340 g/mol. The molecule has 1 aliphatic rings. The molecule has 0 aromatic carbocycles. The SMILES string of the molecule is Cn1nc(Cn2cccn2)c2c1CN(C(=O)Cc1ccc(F)cn1)C2. The van der Waals surface area contributed by atoms with Crippen molar-refractivity contribution in [2.75, 3.05) is 0 Å². The van der Waals surface area contributed by atoms with Gasteiger partial charge in [0.25, 0.3) is 0 Å². The third-order valence-electron chi connectivity index (χ3n) is 4.39. The number of carbonyl (C=O) groups is 1. The van der Waals surface area contributed by atoms with E-state index in [2.05, 4.69) is 15.2 Å². The molecule has 4 rings (SSSR count). The first kappa shape index (κ1) is 15.5. The molecule has 0 unspecified atom stereocenters. The molecule has 4 heterocycles. The van der Waals surface area contributed by atoms with Crippen LogP contribution < -0.4 is 0 Å². The Kier molecular flexibility index (Phi) is 3.79. The summed E-state index contributed by atoms with van der Waals surface area (Å²) in [7, 11) is 1.89. The van der Waals surface area contributed by atoms with Crippen molar-refractivity contribution >= 4 is 5.91 Å². The number of hydrogen-bond acceptors (Lipinski definition) is 4. The molecule has 1 aliphatic heterocycles. The van der Waals surface area contributed by atoms with Gasteiger partial charge in [-0.05, 0) is 18.2 Å². The van der Waals surface area contributed by atoms with Crippen molar-refractivity contribution in [2.24, 2.45) is 7.05 Å². The van der Waals surface area contributed by atoms with E-state index in [1.54, 1.807) is 17.2 Å². The predicted molar refractivity (Wildman–Crippen MR) is 86.7 cm³/mol. The van der Waals surface area contributed by atoms with Gasteiger partial charge >= 0.3 is 0 Å². The van der Waals surface area contributed by atoms with Gasteiger partial charge in [-0.2, -0.15) is 10.2 Å². The third-order valence-corrected chi connectivity index (χ3v) is 4.39. The molecular weight excluding hydrogens is 323 g/mol. The standard InChI is InChI=1S/C17H17FN6O/c1-22-16-11-23(17(25)7-13-4-3-12(18)8-19-13)9-14(16)15(21-22)10-24-6-2-5-20-24/h2-6,8H,7,9-11H2,1H3. The van der Waals surface area contributed by atoms with Gasteiger partial charge in [-0.25, -0.2) is 4.39 Å². The van der Waals surface area contributed by atoms with E-state index in [0.717, 1.165) is 23.1 Å². The number of aryl methyl sites for hydroxylation is 1. The number of nitrogens with zero attached hydrogens (tertiary/aromatic N) is 6. The molecule has 0 aliphatic carbocycles. The van der Waals surface area contributed by atoms with Crippen LogP contribution in [0.1, 0.15) is 22.6 Å². The fourth-order valence-corrected chi connectivity index (χ4v) is 3.10. The first-order chi connectivity index (χ1) is 12.1. The number of aromatic nitrogens is 5. The first-order valence-corrected chi connectivity index (χ1v) is 7.99. The van der Waals surface area contributed by atoms with Gasteiger partial charge in [-0.3, -0.25) is 19.1 Å². The van der Waals surface area contributed by atoms with Crippen LogP contribution in [0.5, 0.6) is 0 Å². The normalized spacial score (nSPS) is 13.3. The molecule has 1 amide bonds. The molecule has 0 saturated heterocycles. The number of halogens is 1. The maximum Gasteiger partial charge on any atom is 0.229 e. The van der Waals surface area contributed by atoms with E-state index < -0.39 is 5.82 Å². The molecule has 0 bridgehead atoms. The minimum atomic E-state index is -0.404. The summed E-state index contributed by atoms with van der Waals surface area (Å²) in [6.07, 6.45) is 4.91. The molecule has 3 aromatic rings. The Bertz CT molecular complexity index is 900. The quantitative estimate of drug-likeness (QED) is 0.718. The van der Waals surface area contributed by atoms with E-state index >= 15 is 0 Å². The molecule has 25 heavy (non-hydrogen) atoms. The molecule has 0 saturated carbocycles. The summed E-state index contributed by atoms with van der Waals surface area (Å²) in [5, 5.41) is 8.77. The van der Waals surface area contributed by atoms with Gasteiger partial charge in [-0.1, -0.05) is 0 Å². The highest BCUT2D eigenvalue weighted by Gasteiger charge is 2.29. The Labute approximate surface area is 143 Å². The highest BCUT2D eigenvalue weighted by atomic mass is 19.1. The molecule has 0 radical (unpaired) electrons. The molecule has 7 nitrogen and oxygen atoms in total. The highest BCUT2D eigenvalue weighted by Crippen LogP contribution is 2.26. The van der Waals surface area contributed by atoms with Crippen LogP contribution in [0.4, 0.5) is 4.39 Å². The molecule has 128 valence electrons. The van der Waals surface area contributed by atoms with Gasteiger partial charge in [0.15, 0.2) is 0 Å². The summed E-state index contributed by atoms with van der Waals surface area (Å²) in [6.45, 7) is 1.63. The van der Waals surface area contributed by atoms with Crippen molar-refractivity contribution in [1.29, 1.82) is 0 Å². The lowest BCUT2D eigenvalue weighted by Gasteiger charge is -2.16. The van der Waals surface area contributed by atoms with Crippen LogP contribution in [0.15, 0.2) is 36.8 Å². The minimum absolute atomic E-state index is 0.0275. The van der Waals surface area contributed by atoms with Gasteiger partial charge in [0, 0.05) is 37.2 Å². The van der Waals surface area contributed by atoms with Crippen molar-refractivity contribution in [3.63, 3.8) is 0 Å². The van der Waals surface area contributed by atoms with E-state index in [1.807, 2.05) is 28.7 Å². The lowest BCUT2D eigenvalue weighted by atomic mass is 10.2. The summed E-state index contributed by atoms with van der Waals surface area (Å²) in [6, 6.07) is 4.73. The minimum Gasteiger partial charge on any atom is -0.332 e. The molecule has 3 aromatic heterocycles. The molecular formula is C17H17FN6O. The van der Waals surface area contributed by atoms with E-state index in [-0.39, 0.29) is 12.3 Å². The van der Waals surface area contributed by atoms with Crippen molar-refractivity contribution in [1.82, 2.24) is 29.4 Å². The molecule has 0 fully saturated rings. The molecule has 0 spiro atoms. The van der Waals surface area contributed by atoms with Crippen LogP contribution in [0.2, 0.25) is 0 Å². The fraction of sp³-hybridized carbons (Fsp3) is 0.294. The fourth-order valence-electron chi connectivity index (χ4n) is 3.10. The topological polar surface area (TPSA) is 68.8 Å². The van der Waals surface area contributed by atoms with Crippen molar-refractivity contribution < 1.29 is 9.18 Å². The number of amides is 1. The average molecular weight is 340 g/mol. The number of pyridine rings is 1. The number of fused-ring (bicyclic) bond motifs is 1. The summed E-state index contributed by atoms with van der Waals surface area (Å²) < 4.78 is 16.6. The van der Waals surface area contributed by atoms with Gasteiger partial charge in [0.1, 0.15) is 5.82 Å². The summed E-state index contributed by atoms with van der Waals surface area (Å²) >= 11 is 0. The number of rotatable bonds is 4. The van der Waals surface area contributed by atoms with E-state index in [0.29, 0.717) is 25.3 Å². The Balaban J connectivity index is 1.49. The first-order valence-electron chi connectivity index (χ1n) is 7.99. The van der Waals surface area contributed by atoms with Gasteiger partial charge in [0.05, 0.1) is 37.1 Å². The third kappa shape index (κ3) is 3.02. The second-order valence-electron chi connectivity index (χ2n) is 6.09. The van der Waals surface area contributed by atoms with E-state index in [4.69, 9.17) is 0 Å². The van der Waals surface area contributed by atoms with Crippen molar-refractivity contribution in [3.05, 3.63) is 65.3 Å². The van der Waals surface area contributed by atoms with Crippen LogP contribution in [0.3, 0.4) is 0 Å². The van der Waals surface area contributed by atoms with Crippen molar-refractivity contribution in [2.45, 2.75) is 26.1 Å². The Hall–Kier alpha value is -3.03. The highest BCUT2D eigenvalue weighted by molar-refractivity contribution is 5.79. The maximum atomic E-state index is 12.9. The zero-order chi connectivity index (χ0) is 17.4. The lowest BCUT2D eigenvalue weighted by molar-refractivity contribution is -0.131. The average Bonchev–Trinajstić information content (AvgIpc) is 3.30. The molecule has 0 N–H and O–H groups in total. The lowest BCUT2D eigenvalue weighted by Crippen LogP contribution is -2.28. The Morgan fingerprint density at radius 2 is 2.20 bits per heavy atom. The maximum absolute atomic E-state index is 12.9. The van der Waals surface area contributed by atoms with E-state index in [9.17, 15) is 9.18 Å². The summed E-state index contributed by atoms with van der Waals surface area (Å²) in [5.41, 5.74) is 3.62. The second-order valence-corrected chi connectivity index (χ2v) is 6.09.